The number of ether oxygens (including phenoxy) is 1. The van der Waals surface area contributed by atoms with Crippen LogP contribution in [0.5, 0.6) is 0 Å². The van der Waals surface area contributed by atoms with Crippen LogP contribution in [0.4, 0.5) is 5.69 Å². The van der Waals surface area contributed by atoms with Crippen LogP contribution in [-0.4, -0.2) is 67.6 Å². The maximum absolute atomic E-state index is 12.2. The SMILES string of the molecule is CCN(CC)C(=O)c1ccc(NC(=O)CN2CCOCC2)cc1. The smallest absolute Gasteiger partial charge is 0.253 e. The molecule has 2 rings (SSSR count). The number of benzene rings is 1. The third kappa shape index (κ3) is 5.04. The summed E-state index contributed by atoms with van der Waals surface area (Å²) >= 11 is 0. The number of hydrogen-bond acceptors (Lipinski definition) is 4. The second kappa shape index (κ2) is 8.64. The Morgan fingerprint density at radius 2 is 1.74 bits per heavy atom. The maximum Gasteiger partial charge on any atom is 0.253 e. The van der Waals surface area contributed by atoms with E-state index in [1.54, 1.807) is 29.2 Å². The third-order valence-corrected chi connectivity index (χ3v) is 3.94. The van der Waals surface area contributed by atoms with Crippen LogP contribution >= 0.6 is 0 Å². The second-order valence-electron chi connectivity index (χ2n) is 5.49. The molecular weight excluding hydrogens is 294 g/mol. The lowest BCUT2D eigenvalue weighted by molar-refractivity contribution is -0.118. The van der Waals surface area contributed by atoms with Gasteiger partial charge < -0.3 is 15.0 Å². The van der Waals surface area contributed by atoms with Crippen LogP contribution in [0.15, 0.2) is 24.3 Å². The van der Waals surface area contributed by atoms with E-state index >= 15 is 0 Å². The molecule has 0 spiro atoms. The molecular formula is C17H25N3O3. The van der Waals surface area contributed by atoms with Gasteiger partial charge in [-0.3, -0.25) is 14.5 Å². The minimum absolute atomic E-state index is 0.0150. The van der Waals surface area contributed by atoms with Crippen LogP contribution in [0.25, 0.3) is 0 Å². The molecule has 1 aromatic carbocycles. The largest absolute Gasteiger partial charge is 0.379 e. The van der Waals surface area contributed by atoms with Crippen molar-refractivity contribution in [1.29, 1.82) is 0 Å². The van der Waals surface area contributed by atoms with E-state index in [9.17, 15) is 9.59 Å². The van der Waals surface area contributed by atoms with Crippen molar-refractivity contribution in [1.82, 2.24) is 9.80 Å². The molecule has 1 aliphatic rings. The molecule has 0 radical (unpaired) electrons. The normalized spacial score (nSPS) is 15.2. The van der Waals surface area contributed by atoms with Crippen molar-refractivity contribution in [3.05, 3.63) is 29.8 Å². The van der Waals surface area contributed by atoms with E-state index < -0.39 is 0 Å². The molecule has 2 amide bonds. The van der Waals surface area contributed by atoms with Crippen LogP contribution < -0.4 is 5.32 Å². The molecule has 0 saturated carbocycles. The van der Waals surface area contributed by atoms with Crippen molar-refractivity contribution in [2.75, 3.05) is 51.3 Å². The van der Waals surface area contributed by atoms with E-state index in [1.165, 1.54) is 0 Å². The minimum atomic E-state index is -0.0466. The standard InChI is InChI=1S/C17H25N3O3/c1-3-20(4-2)17(22)14-5-7-15(8-6-14)18-16(21)13-19-9-11-23-12-10-19/h5-8H,3-4,9-13H2,1-2H3,(H,18,21). The van der Waals surface area contributed by atoms with Crippen molar-refractivity contribution >= 4 is 17.5 Å². The number of nitrogens with zero attached hydrogens (tertiary/aromatic N) is 2. The number of nitrogens with one attached hydrogen (secondary N) is 1. The summed E-state index contributed by atoms with van der Waals surface area (Å²) in [4.78, 5) is 28.1. The fourth-order valence-corrected chi connectivity index (χ4v) is 2.55. The number of rotatable bonds is 6. The van der Waals surface area contributed by atoms with Gasteiger partial charge in [0, 0.05) is 37.4 Å². The number of hydrogen-bond donors (Lipinski definition) is 1. The number of carbonyl (C=O) groups is 2. The summed E-state index contributed by atoms with van der Waals surface area (Å²) in [5.74, 6) is -0.0316. The van der Waals surface area contributed by atoms with Crippen molar-refractivity contribution in [3.8, 4) is 0 Å². The van der Waals surface area contributed by atoms with E-state index in [0.717, 1.165) is 13.1 Å². The first-order valence-corrected chi connectivity index (χ1v) is 8.13. The molecule has 0 aliphatic carbocycles. The molecule has 0 atom stereocenters. The molecule has 1 aliphatic heterocycles. The number of carbonyl (C=O) groups excluding carboxylic acids is 2. The molecule has 1 heterocycles. The van der Waals surface area contributed by atoms with Gasteiger partial charge in [0.1, 0.15) is 0 Å². The molecule has 6 nitrogen and oxygen atoms in total. The average molecular weight is 319 g/mol. The van der Waals surface area contributed by atoms with Gasteiger partial charge in [-0.1, -0.05) is 0 Å². The van der Waals surface area contributed by atoms with E-state index in [4.69, 9.17) is 4.74 Å². The van der Waals surface area contributed by atoms with E-state index in [2.05, 4.69) is 10.2 Å². The summed E-state index contributed by atoms with van der Waals surface area (Å²) in [5.41, 5.74) is 1.35. The summed E-state index contributed by atoms with van der Waals surface area (Å²) in [5, 5.41) is 2.87. The van der Waals surface area contributed by atoms with Gasteiger partial charge in [-0.2, -0.15) is 0 Å². The summed E-state index contributed by atoms with van der Waals surface area (Å²) in [6, 6.07) is 7.05. The fourth-order valence-electron chi connectivity index (χ4n) is 2.55. The van der Waals surface area contributed by atoms with Gasteiger partial charge in [-0.25, -0.2) is 0 Å². The number of anilines is 1. The predicted molar refractivity (Wildman–Crippen MR) is 89.6 cm³/mol. The lowest BCUT2D eigenvalue weighted by atomic mass is 10.1. The van der Waals surface area contributed by atoms with Crippen LogP contribution in [0.2, 0.25) is 0 Å². The molecule has 0 aromatic heterocycles. The molecule has 126 valence electrons. The molecule has 23 heavy (non-hydrogen) atoms. The van der Waals surface area contributed by atoms with Crippen LogP contribution in [-0.2, 0) is 9.53 Å². The van der Waals surface area contributed by atoms with E-state index in [-0.39, 0.29) is 11.8 Å². The lowest BCUT2D eigenvalue weighted by Gasteiger charge is -2.25. The molecule has 1 fully saturated rings. The molecule has 1 N–H and O–H groups in total. The Morgan fingerprint density at radius 1 is 1.13 bits per heavy atom. The van der Waals surface area contributed by atoms with Crippen molar-refractivity contribution in [3.63, 3.8) is 0 Å². The van der Waals surface area contributed by atoms with Gasteiger partial charge >= 0.3 is 0 Å². The Morgan fingerprint density at radius 3 is 2.30 bits per heavy atom. The average Bonchev–Trinajstić information content (AvgIpc) is 2.57. The highest BCUT2D eigenvalue weighted by Crippen LogP contribution is 2.12. The van der Waals surface area contributed by atoms with Crippen molar-refractivity contribution < 1.29 is 14.3 Å². The first-order chi connectivity index (χ1) is 11.1. The molecule has 6 heteroatoms. The Hall–Kier alpha value is -1.92. The highest BCUT2D eigenvalue weighted by Gasteiger charge is 2.15. The topological polar surface area (TPSA) is 61.9 Å². The van der Waals surface area contributed by atoms with Crippen LogP contribution in [0.1, 0.15) is 24.2 Å². The van der Waals surface area contributed by atoms with Gasteiger partial charge in [0.25, 0.3) is 5.91 Å². The predicted octanol–water partition coefficient (Wildman–Crippen LogP) is 1.44. The van der Waals surface area contributed by atoms with Crippen LogP contribution in [0, 0.1) is 0 Å². The van der Waals surface area contributed by atoms with Crippen molar-refractivity contribution in [2.45, 2.75) is 13.8 Å². The number of morpholine rings is 1. The zero-order valence-corrected chi connectivity index (χ0v) is 13.9. The zero-order valence-electron chi connectivity index (χ0n) is 13.9. The van der Waals surface area contributed by atoms with E-state index in [1.807, 2.05) is 13.8 Å². The van der Waals surface area contributed by atoms with Gasteiger partial charge in [0.2, 0.25) is 5.91 Å². The Bertz CT molecular complexity index is 520. The summed E-state index contributed by atoms with van der Waals surface area (Å²) < 4.78 is 5.26. The first-order valence-electron chi connectivity index (χ1n) is 8.13. The Balaban J connectivity index is 1.89. The lowest BCUT2D eigenvalue weighted by Crippen LogP contribution is -2.41. The van der Waals surface area contributed by atoms with Gasteiger partial charge in [0.15, 0.2) is 0 Å². The Kier molecular flexibility index (Phi) is 6.55. The Labute approximate surface area is 137 Å². The minimum Gasteiger partial charge on any atom is -0.379 e. The van der Waals surface area contributed by atoms with Gasteiger partial charge in [-0.15, -0.1) is 0 Å². The molecule has 1 saturated heterocycles. The second-order valence-corrected chi connectivity index (χ2v) is 5.49. The van der Waals surface area contributed by atoms with Crippen molar-refractivity contribution in [2.24, 2.45) is 0 Å². The van der Waals surface area contributed by atoms with Crippen LogP contribution in [0.3, 0.4) is 0 Å². The highest BCUT2D eigenvalue weighted by molar-refractivity contribution is 5.96. The van der Waals surface area contributed by atoms with Gasteiger partial charge in [0.05, 0.1) is 19.8 Å². The molecule has 0 bridgehead atoms. The molecule has 1 aromatic rings. The zero-order chi connectivity index (χ0) is 16.7. The third-order valence-electron chi connectivity index (χ3n) is 3.94. The monoisotopic (exact) mass is 319 g/mol. The summed E-state index contributed by atoms with van der Waals surface area (Å²) in [7, 11) is 0. The molecule has 0 unspecified atom stereocenters. The van der Waals surface area contributed by atoms with Gasteiger partial charge in [-0.05, 0) is 38.1 Å². The first kappa shape index (κ1) is 17.4. The van der Waals surface area contributed by atoms with E-state index in [0.29, 0.717) is 44.1 Å². The quantitative estimate of drug-likeness (QED) is 0.862. The number of amides is 2. The summed E-state index contributed by atoms with van der Waals surface area (Å²) in [6.45, 7) is 8.58. The fraction of sp³-hybridized carbons (Fsp3) is 0.529. The maximum atomic E-state index is 12.2. The summed E-state index contributed by atoms with van der Waals surface area (Å²) in [6.07, 6.45) is 0. The highest BCUT2D eigenvalue weighted by atomic mass is 16.5.